The highest BCUT2D eigenvalue weighted by Gasteiger charge is 2.32. The van der Waals surface area contributed by atoms with Crippen molar-refractivity contribution in [2.45, 2.75) is 32.7 Å². The second-order valence-electron chi connectivity index (χ2n) is 5.99. The van der Waals surface area contributed by atoms with Gasteiger partial charge in [0.1, 0.15) is 11.8 Å². The SMILES string of the molecule is COc1cccc(NC(C(=O)N2CCCCN2C#N)C(C)C)c1. The maximum Gasteiger partial charge on any atom is 0.264 e. The smallest absolute Gasteiger partial charge is 0.264 e. The Kier molecular flexibility index (Phi) is 5.69. The van der Waals surface area contributed by atoms with Gasteiger partial charge in [-0.25, -0.2) is 10.0 Å². The third kappa shape index (κ3) is 4.07. The molecule has 1 amide bonds. The number of hydrazine groups is 1. The van der Waals surface area contributed by atoms with Crippen molar-refractivity contribution >= 4 is 11.6 Å². The van der Waals surface area contributed by atoms with Crippen LogP contribution in [0.4, 0.5) is 5.69 Å². The average Bonchev–Trinajstić information content (AvgIpc) is 2.59. The van der Waals surface area contributed by atoms with Crippen molar-refractivity contribution in [2.75, 3.05) is 25.5 Å². The topological polar surface area (TPSA) is 68.6 Å². The third-order valence-corrected chi connectivity index (χ3v) is 3.98. The molecule has 1 saturated heterocycles. The predicted molar refractivity (Wildman–Crippen MR) is 88.5 cm³/mol. The fourth-order valence-electron chi connectivity index (χ4n) is 2.66. The van der Waals surface area contributed by atoms with Crippen LogP contribution in [0, 0.1) is 17.4 Å². The highest BCUT2D eigenvalue weighted by atomic mass is 16.5. The van der Waals surface area contributed by atoms with Gasteiger partial charge in [-0.1, -0.05) is 19.9 Å². The Bertz CT molecular complexity index is 582. The van der Waals surface area contributed by atoms with Gasteiger partial charge in [-0.2, -0.15) is 5.26 Å². The molecular formula is C17H24N4O2. The summed E-state index contributed by atoms with van der Waals surface area (Å²) in [5, 5.41) is 15.6. The van der Waals surface area contributed by atoms with E-state index in [-0.39, 0.29) is 11.8 Å². The van der Waals surface area contributed by atoms with Crippen LogP contribution in [0.3, 0.4) is 0 Å². The molecule has 0 saturated carbocycles. The number of carbonyl (C=O) groups excluding carboxylic acids is 1. The van der Waals surface area contributed by atoms with Gasteiger partial charge in [-0.05, 0) is 30.9 Å². The van der Waals surface area contributed by atoms with E-state index in [9.17, 15) is 10.1 Å². The van der Waals surface area contributed by atoms with Crippen LogP contribution < -0.4 is 10.1 Å². The fraction of sp³-hybridized carbons (Fsp3) is 0.529. The zero-order valence-corrected chi connectivity index (χ0v) is 14.0. The maximum absolute atomic E-state index is 12.9. The lowest BCUT2D eigenvalue weighted by atomic mass is 10.0. The van der Waals surface area contributed by atoms with Gasteiger partial charge in [0.25, 0.3) is 5.91 Å². The van der Waals surface area contributed by atoms with Gasteiger partial charge >= 0.3 is 0 Å². The summed E-state index contributed by atoms with van der Waals surface area (Å²) < 4.78 is 5.22. The molecule has 6 heteroatoms. The van der Waals surface area contributed by atoms with Gasteiger partial charge in [0.2, 0.25) is 0 Å². The molecule has 1 aliphatic rings. The van der Waals surface area contributed by atoms with Crippen molar-refractivity contribution in [1.29, 1.82) is 5.26 Å². The Morgan fingerprint density at radius 1 is 1.35 bits per heavy atom. The maximum atomic E-state index is 12.9. The summed E-state index contributed by atoms with van der Waals surface area (Å²) in [5.41, 5.74) is 0.830. The van der Waals surface area contributed by atoms with E-state index >= 15 is 0 Å². The lowest BCUT2D eigenvalue weighted by molar-refractivity contribution is -0.148. The van der Waals surface area contributed by atoms with E-state index < -0.39 is 6.04 Å². The number of hydrogen-bond donors (Lipinski definition) is 1. The first-order valence-corrected chi connectivity index (χ1v) is 7.96. The van der Waals surface area contributed by atoms with E-state index in [4.69, 9.17) is 4.74 Å². The number of methoxy groups -OCH3 is 1. The van der Waals surface area contributed by atoms with Gasteiger partial charge in [-0.3, -0.25) is 4.79 Å². The molecule has 1 aromatic rings. The van der Waals surface area contributed by atoms with Crippen molar-refractivity contribution in [1.82, 2.24) is 10.0 Å². The number of nitriles is 1. The Balaban J connectivity index is 2.17. The van der Waals surface area contributed by atoms with Crippen LogP contribution in [0.2, 0.25) is 0 Å². The van der Waals surface area contributed by atoms with E-state index in [1.165, 1.54) is 5.01 Å². The molecule has 0 spiro atoms. The predicted octanol–water partition coefficient (Wildman–Crippen LogP) is 2.45. The number of ether oxygens (including phenoxy) is 1. The molecule has 6 nitrogen and oxygen atoms in total. The third-order valence-electron chi connectivity index (χ3n) is 3.98. The minimum absolute atomic E-state index is 0.0657. The first kappa shape index (κ1) is 16.9. The highest BCUT2D eigenvalue weighted by Crippen LogP contribution is 2.21. The normalized spacial score (nSPS) is 16.0. The molecule has 23 heavy (non-hydrogen) atoms. The number of benzene rings is 1. The molecule has 1 heterocycles. The Labute approximate surface area is 137 Å². The molecule has 1 N–H and O–H groups in total. The average molecular weight is 316 g/mol. The van der Waals surface area contributed by atoms with Crippen molar-refractivity contribution in [3.8, 4) is 11.9 Å². The Morgan fingerprint density at radius 2 is 2.09 bits per heavy atom. The number of nitrogens with one attached hydrogen (secondary N) is 1. The second kappa shape index (κ2) is 7.73. The molecule has 1 aliphatic heterocycles. The lowest BCUT2D eigenvalue weighted by Crippen LogP contribution is -2.54. The molecule has 1 aromatic carbocycles. The monoisotopic (exact) mass is 316 g/mol. The van der Waals surface area contributed by atoms with Crippen LogP contribution in [0.25, 0.3) is 0 Å². The van der Waals surface area contributed by atoms with Crippen molar-refractivity contribution < 1.29 is 9.53 Å². The van der Waals surface area contributed by atoms with Crippen LogP contribution >= 0.6 is 0 Å². The van der Waals surface area contributed by atoms with Crippen LogP contribution in [0.1, 0.15) is 26.7 Å². The largest absolute Gasteiger partial charge is 0.497 e. The molecule has 0 aromatic heterocycles. The van der Waals surface area contributed by atoms with Crippen LogP contribution in [-0.4, -0.2) is 42.2 Å². The van der Waals surface area contributed by atoms with Gasteiger partial charge < -0.3 is 10.1 Å². The minimum Gasteiger partial charge on any atom is -0.497 e. The summed E-state index contributed by atoms with van der Waals surface area (Å²) in [7, 11) is 1.61. The van der Waals surface area contributed by atoms with E-state index in [1.807, 2.05) is 38.1 Å². The number of hydrogen-bond acceptors (Lipinski definition) is 5. The van der Waals surface area contributed by atoms with E-state index in [1.54, 1.807) is 12.1 Å². The first-order chi connectivity index (χ1) is 11.1. The first-order valence-electron chi connectivity index (χ1n) is 7.96. The quantitative estimate of drug-likeness (QED) is 0.845. The molecule has 1 fully saturated rings. The summed E-state index contributed by atoms with van der Waals surface area (Å²) in [6.07, 6.45) is 3.96. The number of rotatable bonds is 5. The van der Waals surface area contributed by atoms with Gasteiger partial charge in [0.15, 0.2) is 6.19 Å². The van der Waals surface area contributed by atoms with Crippen molar-refractivity contribution in [3.05, 3.63) is 24.3 Å². The summed E-state index contributed by atoms with van der Waals surface area (Å²) >= 11 is 0. The number of anilines is 1. The van der Waals surface area contributed by atoms with E-state index in [0.29, 0.717) is 13.1 Å². The standard InChI is InChI=1S/C17H24N4O2/c1-13(2)16(19-14-7-6-8-15(11-14)23-3)17(22)21-10-5-4-9-20(21)12-18/h6-8,11,13,16,19H,4-5,9-10H2,1-3H3. The molecule has 2 rings (SSSR count). The highest BCUT2D eigenvalue weighted by molar-refractivity contribution is 5.85. The lowest BCUT2D eigenvalue weighted by Gasteiger charge is -2.37. The Morgan fingerprint density at radius 3 is 2.74 bits per heavy atom. The number of carbonyl (C=O) groups is 1. The molecule has 1 unspecified atom stereocenters. The zero-order chi connectivity index (χ0) is 16.8. The molecule has 124 valence electrons. The summed E-state index contributed by atoms with van der Waals surface area (Å²) in [5.74, 6) is 0.766. The van der Waals surface area contributed by atoms with Crippen LogP contribution in [0.15, 0.2) is 24.3 Å². The fourth-order valence-corrected chi connectivity index (χ4v) is 2.66. The summed E-state index contributed by atoms with van der Waals surface area (Å²) in [6.45, 7) is 5.19. The van der Waals surface area contributed by atoms with Gasteiger partial charge in [-0.15, -0.1) is 0 Å². The molecule has 0 bridgehead atoms. The molecule has 0 aliphatic carbocycles. The van der Waals surface area contributed by atoms with Gasteiger partial charge in [0.05, 0.1) is 13.7 Å². The van der Waals surface area contributed by atoms with E-state index in [0.717, 1.165) is 24.3 Å². The second-order valence-corrected chi connectivity index (χ2v) is 5.99. The molecular weight excluding hydrogens is 292 g/mol. The molecule has 0 radical (unpaired) electrons. The summed E-state index contributed by atoms with van der Waals surface area (Å²) in [4.78, 5) is 12.9. The zero-order valence-electron chi connectivity index (χ0n) is 14.0. The minimum atomic E-state index is -0.393. The summed E-state index contributed by atoms with van der Waals surface area (Å²) in [6, 6.07) is 7.12. The van der Waals surface area contributed by atoms with E-state index in [2.05, 4.69) is 11.5 Å². The Hall–Kier alpha value is -2.42. The van der Waals surface area contributed by atoms with Crippen LogP contribution in [0.5, 0.6) is 5.75 Å². The molecule has 1 atom stereocenters. The number of nitrogens with zero attached hydrogens (tertiary/aromatic N) is 3. The van der Waals surface area contributed by atoms with Crippen molar-refractivity contribution in [3.63, 3.8) is 0 Å². The number of amides is 1. The van der Waals surface area contributed by atoms with Crippen LogP contribution in [-0.2, 0) is 4.79 Å². The van der Waals surface area contributed by atoms with Crippen molar-refractivity contribution in [2.24, 2.45) is 5.92 Å². The van der Waals surface area contributed by atoms with Gasteiger partial charge in [0, 0.05) is 18.3 Å².